The number of aliphatic hydroxyl groups excluding tert-OH is 2. The Morgan fingerprint density at radius 3 is 1.63 bits per heavy atom. The maximum atomic E-state index is 13.5. The summed E-state index contributed by atoms with van der Waals surface area (Å²) in [7, 11) is 0. The predicted molar refractivity (Wildman–Crippen MR) is 213 cm³/mol. The fraction of sp³-hybridized carbons (Fsp3) is 0.735. The molecule has 23 heteroatoms. The molecule has 0 saturated heterocycles. The largest absolute Gasteiger partial charge is 0.480 e. The third kappa shape index (κ3) is 20.7. The number of primary amides is 1. The Kier molecular flexibility index (Phi) is 25.4. The van der Waals surface area contributed by atoms with Crippen molar-refractivity contribution in [3.05, 3.63) is 0 Å². The zero-order chi connectivity index (χ0) is 44.0. The van der Waals surface area contributed by atoms with Crippen molar-refractivity contribution in [2.24, 2.45) is 23.3 Å². The van der Waals surface area contributed by atoms with Gasteiger partial charge >= 0.3 is 5.97 Å². The van der Waals surface area contributed by atoms with Crippen LogP contribution in [0.1, 0.15) is 60.3 Å². The van der Waals surface area contributed by atoms with Crippen molar-refractivity contribution in [3.63, 3.8) is 0 Å². The molecule has 0 aromatic rings. The van der Waals surface area contributed by atoms with Crippen LogP contribution in [0.25, 0.3) is 0 Å². The number of thioether (sulfide) groups is 2. The van der Waals surface area contributed by atoms with Crippen LogP contribution in [0.15, 0.2) is 0 Å². The van der Waals surface area contributed by atoms with E-state index >= 15 is 0 Å². The number of carboxylic acids is 1. The highest BCUT2D eigenvalue weighted by Gasteiger charge is 2.34. The molecule has 326 valence electrons. The Balaban J connectivity index is 5.77. The molecule has 0 unspecified atom stereocenters. The van der Waals surface area contributed by atoms with Crippen LogP contribution in [0, 0.1) is 11.8 Å². The molecular weight excluding hydrogens is 791 g/mol. The zero-order valence-corrected chi connectivity index (χ0v) is 35.1. The van der Waals surface area contributed by atoms with Crippen LogP contribution >= 0.6 is 23.5 Å². The van der Waals surface area contributed by atoms with Gasteiger partial charge < -0.3 is 64.0 Å². The number of hydrogen-bond donors (Lipinski definition) is 12. The number of nitrogens with one attached hydrogen (secondary N) is 7. The molecule has 0 radical (unpaired) electrons. The molecule has 0 fully saturated rings. The third-order valence-corrected chi connectivity index (χ3v) is 9.43. The topological polar surface area (TPSA) is 351 Å². The molecule has 0 aliphatic carbocycles. The summed E-state index contributed by atoms with van der Waals surface area (Å²) < 4.78 is 0. The molecule has 0 bridgehead atoms. The first kappa shape index (κ1) is 52.8. The second-order valence-electron chi connectivity index (χ2n) is 14.0. The highest BCUT2D eigenvalue weighted by Crippen LogP contribution is 2.09. The van der Waals surface area contributed by atoms with Gasteiger partial charge in [0.25, 0.3) is 0 Å². The Hall–Kier alpha value is -4.19. The molecule has 8 amide bonds. The molecule has 8 atom stereocenters. The maximum Gasteiger partial charge on any atom is 0.326 e. The maximum absolute atomic E-state index is 13.5. The Morgan fingerprint density at radius 1 is 0.632 bits per heavy atom. The zero-order valence-electron chi connectivity index (χ0n) is 33.4. The van der Waals surface area contributed by atoms with Gasteiger partial charge in [0, 0.05) is 0 Å². The minimum absolute atomic E-state index is 0.0560. The number of carbonyl (C=O) groups is 9. The number of aliphatic hydroxyl groups is 2. The van der Waals surface area contributed by atoms with Gasteiger partial charge in [-0.15, -0.1) is 0 Å². The lowest BCUT2D eigenvalue weighted by Gasteiger charge is -2.28. The smallest absolute Gasteiger partial charge is 0.326 e. The van der Waals surface area contributed by atoms with E-state index in [1.54, 1.807) is 34.0 Å². The number of rotatable bonds is 28. The molecule has 0 saturated carbocycles. The van der Waals surface area contributed by atoms with Crippen LogP contribution in [-0.2, 0) is 43.2 Å². The van der Waals surface area contributed by atoms with Gasteiger partial charge in [0.2, 0.25) is 47.3 Å². The van der Waals surface area contributed by atoms with Gasteiger partial charge in [-0.2, -0.15) is 23.5 Å². The molecule has 0 rings (SSSR count). The van der Waals surface area contributed by atoms with Gasteiger partial charge in [-0.05, 0) is 62.0 Å². The van der Waals surface area contributed by atoms with Crippen LogP contribution in [0.4, 0.5) is 0 Å². The first-order valence-electron chi connectivity index (χ1n) is 18.2. The minimum atomic E-state index is -1.63. The summed E-state index contributed by atoms with van der Waals surface area (Å²) in [6.07, 6.45) is 1.91. The Bertz CT molecular complexity index is 1390. The van der Waals surface area contributed by atoms with E-state index in [2.05, 4.69) is 37.2 Å². The molecule has 0 aliphatic rings. The molecule has 0 aromatic carbocycles. The SMILES string of the molecule is CSCC[C@H](NC(=O)CNC(=O)[C@@H](NC(=O)[C@H](CC(C)C)NC(=O)[C@H](CO)NC(=O)[C@@H](NC(=O)[C@@H](N)CCSC)[C@@H](C)O)C(C)C)C(=O)N[C@@H](CC(N)=O)C(=O)O. The van der Waals surface area contributed by atoms with Crippen LogP contribution in [0.3, 0.4) is 0 Å². The Morgan fingerprint density at radius 2 is 1.14 bits per heavy atom. The normalized spacial score (nSPS) is 15.4. The van der Waals surface area contributed by atoms with E-state index in [9.17, 15) is 58.5 Å². The van der Waals surface area contributed by atoms with Crippen molar-refractivity contribution in [1.82, 2.24) is 37.2 Å². The van der Waals surface area contributed by atoms with Gasteiger partial charge in [-0.1, -0.05) is 27.7 Å². The molecule has 14 N–H and O–H groups in total. The first-order valence-corrected chi connectivity index (χ1v) is 21.0. The van der Waals surface area contributed by atoms with Gasteiger partial charge in [0.15, 0.2) is 0 Å². The van der Waals surface area contributed by atoms with E-state index in [0.29, 0.717) is 17.9 Å². The van der Waals surface area contributed by atoms with E-state index in [1.165, 1.54) is 30.4 Å². The molecule has 0 aromatic heterocycles. The summed E-state index contributed by atoms with van der Waals surface area (Å²) in [6.45, 7) is 6.40. The van der Waals surface area contributed by atoms with Gasteiger partial charge in [-0.25, -0.2) is 4.79 Å². The molecule has 21 nitrogen and oxygen atoms in total. The van der Waals surface area contributed by atoms with E-state index in [1.807, 2.05) is 6.26 Å². The van der Waals surface area contributed by atoms with Crippen LogP contribution < -0.4 is 48.7 Å². The van der Waals surface area contributed by atoms with Crippen LogP contribution in [-0.4, -0.2) is 154 Å². The number of carbonyl (C=O) groups excluding carboxylic acids is 8. The number of nitrogens with two attached hydrogens (primary N) is 2. The number of amides is 8. The molecule has 0 heterocycles. The summed E-state index contributed by atoms with van der Waals surface area (Å²) in [5, 5.41) is 46.1. The number of hydrogen-bond acceptors (Lipinski definition) is 14. The highest BCUT2D eigenvalue weighted by atomic mass is 32.2. The third-order valence-electron chi connectivity index (χ3n) is 8.14. The average molecular weight is 852 g/mol. The molecule has 0 spiro atoms. The molecule has 0 aliphatic heterocycles. The number of carboxylic acid groups (broad SMARTS) is 1. The highest BCUT2D eigenvalue weighted by molar-refractivity contribution is 7.98. The van der Waals surface area contributed by atoms with Crippen molar-refractivity contribution < 1.29 is 58.5 Å². The second-order valence-corrected chi connectivity index (χ2v) is 15.9. The Labute approximate surface area is 340 Å². The molecule has 57 heavy (non-hydrogen) atoms. The lowest BCUT2D eigenvalue weighted by atomic mass is 9.99. The average Bonchev–Trinajstić information content (AvgIpc) is 3.12. The number of aliphatic carboxylic acids is 1. The monoisotopic (exact) mass is 851 g/mol. The summed E-state index contributed by atoms with van der Waals surface area (Å²) in [4.78, 5) is 114. The standard InChI is InChI=1S/C34H61N9O12S2/c1-16(2)12-21(39-31(51)23(15-44)41-33(53)27(18(5)45)43-28(48)19(35)8-10-56-6)30(50)42-26(17(3)4)32(52)37-14-25(47)38-20(9-11-57-7)29(49)40-22(34(54)55)13-24(36)46/h16-23,26-27,44-45H,8-15,35H2,1-7H3,(H2,36,46)(H,37,52)(H,38,47)(H,39,51)(H,40,49)(H,41,53)(H,42,50)(H,43,48)(H,54,55)/t18-,19+,20+,21+,22+,23+,26+,27+/m1/s1. The quantitative estimate of drug-likeness (QED) is 0.0356. The van der Waals surface area contributed by atoms with Gasteiger partial charge in [0.1, 0.15) is 36.3 Å². The lowest BCUT2D eigenvalue weighted by Crippen LogP contribution is -2.61. The first-order chi connectivity index (χ1) is 26.6. The summed E-state index contributed by atoms with van der Waals surface area (Å²) >= 11 is 2.81. The summed E-state index contributed by atoms with van der Waals surface area (Å²) in [5.41, 5.74) is 10.9. The molecular formula is C34H61N9O12S2. The van der Waals surface area contributed by atoms with Gasteiger partial charge in [0.05, 0.1) is 31.7 Å². The minimum Gasteiger partial charge on any atom is -0.480 e. The van der Waals surface area contributed by atoms with Crippen LogP contribution in [0.5, 0.6) is 0 Å². The van der Waals surface area contributed by atoms with Crippen molar-refractivity contribution in [1.29, 1.82) is 0 Å². The van der Waals surface area contributed by atoms with Crippen molar-refractivity contribution >= 4 is 76.8 Å². The van der Waals surface area contributed by atoms with Gasteiger partial charge in [-0.3, -0.25) is 38.4 Å². The van der Waals surface area contributed by atoms with Crippen molar-refractivity contribution in [2.75, 3.05) is 37.2 Å². The summed E-state index contributed by atoms with van der Waals surface area (Å²) in [5.74, 6) is -8.24. The van der Waals surface area contributed by atoms with E-state index in [-0.39, 0.29) is 18.8 Å². The van der Waals surface area contributed by atoms with Crippen molar-refractivity contribution in [2.45, 2.75) is 109 Å². The van der Waals surface area contributed by atoms with Crippen molar-refractivity contribution in [3.8, 4) is 0 Å². The second kappa shape index (κ2) is 27.4. The van der Waals surface area contributed by atoms with E-state index in [4.69, 9.17) is 11.5 Å². The fourth-order valence-corrected chi connectivity index (χ4v) is 5.92. The van der Waals surface area contributed by atoms with E-state index in [0.717, 1.165) is 0 Å². The predicted octanol–water partition coefficient (Wildman–Crippen LogP) is -4.12. The summed E-state index contributed by atoms with van der Waals surface area (Å²) in [6, 6.07) is -9.48. The van der Waals surface area contributed by atoms with E-state index < -0.39 is 127 Å². The lowest BCUT2D eigenvalue weighted by molar-refractivity contribution is -0.143. The fourth-order valence-electron chi connectivity index (χ4n) is 4.96. The van der Waals surface area contributed by atoms with Crippen LogP contribution in [0.2, 0.25) is 0 Å².